The number of nitrogens with one attached hydrogen (secondary N) is 2. The predicted octanol–water partition coefficient (Wildman–Crippen LogP) is 3.36. The molecule has 3 aromatic carbocycles. The van der Waals surface area contributed by atoms with E-state index < -0.39 is 29.3 Å². The van der Waals surface area contributed by atoms with Crippen molar-refractivity contribution in [2.75, 3.05) is 62.6 Å². The predicted molar refractivity (Wildman–Crippen MR) is 144 cm³/mol. The minimum absolute atomic E-state index is 0.0611. The Balaban J connectivity index is 1.36. The maximum absolute atomic E-state index is 13.6. The van der Waals surface area contributed by atoms with E-state index in [2.05, 4.69) is 10.6 Å². The monoisotopic (exact) mass is 551 g/mol. The summed E-state index contributed by atoms with van der Waals surface area (Å²) in [5.41, 5.74) is 1.67. The van der Waals surface area contributed by atoms with Gasteiger partial charge in [0.25, 0.3) is 17.7 Å². The number of anilines is 2. The number of hydrogen-bond acceptors (Lipinski definition) is 5. The van der Waals surface area contributed by atoms with Crippen LogP contribution in [0.3, 0.4) is 0 Å². The third-order valence-corrected chi connectivity index (χ3v) is 7.02. The molecule has 0 radical (unpaired) electrons. The molecular formula is C29H28F3N5O3. The molecule has 0 saturated carbocycles. The fraction of sp³-hybridized carbons (Fsp3) is 0.276. The van der Waals surface area contributed by atoms with E-state index in [-0.39, 0.29) is 30.1 Å². The Morgan fingerprint density at radius 2 is 1.20 bits per heavy atom. The van der Waals surface area contributed by atoms with Crippen LogP contribution in [0.25, 0.3) is 0 Å². The summed E-state index contributed by atoms with van der Waals surface area (Å²) in [5.74, 6) is -3.19. The third kappa shape index (κ3) is 6.09. The highest BCUT2D eigenvalue weighted by molar-refractivity contribution is 6.07. The summed E-state index contributed by atoms with van der Waals surface area (Å²) < 4.78 is 40.7. The smallest absolute Gasteiger partial charge is 0.255 e. The Labute approximate surface area is 229 Å². The summed E-state index contributed by atoms with van der Waals surface area (Å²) in [4.78, 5) is 44.3. The Morgan fingerprint density at radius 3 is 1.85 bits per heavy atom. The first-order valence-corrected chi connectivity index (χ1v) is 13.0. The van der Waals surface area contributed by atoms with Gasteiger partial charge in [-0.2, -0.15) is 0 Å². The van der Waals surface area contributed by atoms with Crippen LogP contribution in [0, 0.1) is 17.5 Å². The largest absolute Gasteiger partial charge is 0.366 e. The number of halogens is 3. The molecule has 2 aliphatic rings. The number of rotatable bonds is 5. The highest BCUT2D eigenvalue weighted by Gasteiger charge is 2.26. The lowest BCUT2D eigenvalue weighted by molar-refractivity contribution is 0.0731. The van der Waals surface area contributed by atoms with E-state index in [1.54, 1.807) is 23.1 Å². The van der Waals surface area contributed by atoms with Gasteiger partial charge in [-0.3, -0.25) is 14.4 Å². The van der Waals surface area contributed by atoms with Crippen molar-refractivity contribution in [2.45, 2.75) is 0 Å². The Bertz CT molecular complexity index is 1400. The van der Waals surface area contributed by atoms with Gasteiger partial charge >= 0.3 is 0 Å². The highest BCUT2D eigenvalue weighted by atomic mass is 19.1. The number of carbonyl (C=O) groups excluding carboxylic acids is 3. The molecule has 40 heavy (non-hydrogen) atoms. The molecule has 5 rings (SSSR count). The summed E-state index contributed by atoms with van der Waals surface area (Å²) in [6, 6.07) is 13.0. The van der Waals surface area contributed by atoms with Crippen molar-refractivity contribution in [2.24, 2.45) is 0 Å². The van der Waals surface area contributed by atoms with E-state index in [1.807, 2.05) is 4.90 Å². The van der Waals surface area contributed by atoms with Gasteiger partial charge in [-0.15, -0.1) is 0 Å². The Morgan fingerprint density at radius 1 is 0.625 bits per heavy atom. The molecule has 3 aromatic rings. The topological polar surface area (TPSA) is 85.0 Å². The molecule has 11 heteroatoms. The van der Waals surface area contributed by atoms with Crippen molar-refractivity contribution < 1.29 is 27.6 Å². The normalized spacial score (nSPS) is 15.6. The minimum Gasteiger partial charge on any atom is -0.366 e. The zero-order valence-electron chi connectivity index (χ0n) is 21.6. The third-order valence-electron chi connectivity index (χ3n) is 7.02. The Hall–Kier alpha value is -4.38. The van der Waals surface area contributed by atoms with Crippen LogP contribution in [0.15, 0.2) is 60.7 Å². The van der Waals surface area contributed by atoms with Gasteiger partial charge in [0.15, 0.2) is 0 Å². The van der Waals surface area contributed by atoms with Crippen LogP contribution < -0.4 is 15.5 Å². The second-order valence-electron chi connectivity index (χ2n) is 9.67. The molecule has 0 aromatic heterocycles. The number of hydrogen-bond donors (Lipinski definition) is 2. The standard InChI is InChI=1S/C29H28F3N5O3/c30-22-4-1-19(2-5-22)27(38)34-25-17-20(28(39)36-9-7-33-8-10-36)3-6-26(25)35-11-13-37(14-12-35)29(40)21-15-23(31)18-24(32)16-21/h1-6,15-18,33H,7-14H2,(H,34,38). The lowest BCUT2D eigenvalue weighted by Crippen LogP contribution is -2.49. The van der Waals surface area contributed by atoms with Crippen molar-refractivity contribution >= 4 is 29.1 Å². The molecule has 2 saturated heterocycles. The van der Waals surface area contributed by atoms with Gasteiger partial charge in [-0.25, -0.2) is 13.2 Å². The molecule has 2 aliphatic heterocycles. The van der Waals surface area contributed by atoms with Crippen LogP contribution in [0.2, 0.25) is 0 Å². The molecule has 0 atom stereocenters. The zero-order chi connectivity index (χ0) is 28.2. The van der Waals surface area contributed by atoms with E-state index >= 15 is 0 Å². The van der Waals surface area contributed by atoms with Gasteiger partial charge in [0.05, 0.1) is 11.4 Å². The molecule has 3 amide bonds. The number of amides is 3. The van der Waals surface area contributed by atoms with Gasteiger partial charge < -0.3 is 25.3 Å². The molecular weight excluding hydrogens is 523 g/mol. The van der Waals surface area contributed by atoms with Gasteiger partial charge in [0, 0.05) is 75.1 Å². The van der Waals surface area contributed by atoms with E-state index in [0.717, 1.165) is 12.1 Å². The van der Waals surface area contributed by atoms with E-state index in [1.165, 1.54) is 29.2 Å². The van der Waals surface area contributed by atoms with E-state index in [0.29, 0.717) is 62.3 Å². The molecule has 2 fully saturated rings. The quantitative estimate of drug-likeness (QED) is 0.508. The second kappa shape index (κ2) is 11.8. The summed E-state index contributed by atoms with van der Waals surface area (Å²) in [7, 11) is 0. The summed E-state index contributed by atoms with van der Waals surface area (Å²) in [5, 5.41) is 6.07. The maximum atomic E-state index is 13.6. The second-order valence-corrected chi connectivity index (χ2v) is 9.67. The molecule has 208 valence electrons. The molecule has 2 heterocycles. The lowest BCUT2D eigenvalue weighted by Gasteiger charge is -2.37. The van der Waals surface area contributed by atoms with Crippen LogP contribution in [-0.2, 0) is 0 Å². The SMILES string of the molecule is O=C(Nc1cc(C(=O)N2CCNCC2)ccc1N1CCN(C(=O)c2cc(F)cc(F)c2)CC1)c1ccc(F)cc1. The zero-order valence-corrected chi connectivity index (χ0v) is 21.6. The first kappa shape index (κ1) is 27.2. The van der Waals surface area contributed by atoms with Crippen LogP contribution in [0.1, 0.15) is 31.1 Å². The molecule has 0 aliphatic carbocycles. The number of nitrogens with zero attached hydrogens (tertiary/aromatic N) is 3. The van der Waals surface area contributed by atoms with Gasteiger partial charge in [-0.1, -0.05) is 0 Å². The lowest BCUT2D eigenvalue weighted by atomic mass is 10.1. The molecule has 0 spiro atoms. The van der Waals surface area contributed by atoms with Gasteiger partial charge in [0.2, 0.25) is 0 Å². The molecule has 2 N–H and O–H groups in total. The van der Waals surface area contributed by atoms with Crippen molar-refractivity contribution in [1.29, 1.82) is 0 Å². The minimum atomic E-state index is -0.820. The van der Waals surface area contributed by atoms with Crippen LogP contribution in [0.4, 0.5) is 24.5 Å². The highest BCUT2D eigenvalue weighted by Crippen LogP contribution is 2.30. The van der Waals surface area contributed by atoms with Crippen molar-refractivity contribution in [3.8, 4) is 0 Å². The van der Waals surface area contributed by atoms with E-state index in [9.17, 15) is 27.6 Å². The fourth-order valence-electron chi connectivity index (χ4n) is 4.90. The van der Waals surface area contributed by atoms with E-state index in [4.69, 9.17) is 0 Å². The average molecular weight is 552 g/mol. The molecule has 0 unspecified atom stereocenters. The molecule has 0 bridgehead atoms. The van der Waals surface area contributed by atoms with Crippen molar-refractivity contribution in [3.05, 3.63) is 94.8 Å². The first-order valence-electron chi connectivity index (χ1n) is 13.0. The first-order chi connectivity index (χ1) is 19.3. The van der Waals surface area contributed by atoms with Gasteiger partial charge in [0.1, 0.15) is 17.5 Å². The summed E-state index contributed by atoms with van der Waals surface area (Å²) in [6.07, 6.45) is 0. The summed E-state index contributed by atoms with van der Waals surface area (Å²) in [6.45, 7) is 3.87. The summed E-state index contributed by atoms with van der Waals surface area (Å²) >= 11 is 0. The fourth-order valence-corrected chi connectivity index (χ4v) is 4.90. The van der Waals surface area contributed by atoms with Crippen LogP contribution in [-0.4, -0.2) is 79.9 Å². The number of piperazine rings is 2. The molecule has 8 nitrogen and oxygen atoms in total. The number of carbonyl (C=O) groups is 3. The Kier molecular flexibility index (Phi) is 8.01. The van der Waals surface area contributed by atoms with Crippen molar-refractivity contribution in [3.63, 3.8) is 0 Å². The maximum Gasteiger partial charge on any atom is 0.255 e. The van der Waals surface area contributed by atoms with Crippen LogP contribution >= 0.6 is 0 Å². The van der Waals surface area contributed by atoms with Gasteiger partial charge in [-0.05, 0) is 54.6 Å². The van der Waals surface area contributed by atoms with Crippen LogP contribution in [0.5, 0.6) is 0 Å². The number of benzene rings is 3. The van der Waals surface area contributed by atoms with Crippen molar-refractivity contribution in [1.82, 2.24) is 15.1 Å². The average Bonchev–Trinajstić information content (AvgIpc) is 2.97.